The number of allylic oxidation sites excluding steroid dienone is 1. The number of anilines is 1. The van der Waals surface area contributed by atoms with Crippen molar-refractivity contribution < 1.29 is 14.7 Å². The van der Waals surface area contributed by atoms with Crippen LogP contribution in [0.2, 0.25) is 0 Å². The number of nitrogens with one attached hydrogen (secondary N) is 1. The first-order chi connectivity index (χ1) is 14.5. The Bertz CT molecular complexity index is 926. The molecule has 0 aromatic heterocycles. The zero-order valence-electron chi connectivity index (χ0n) is 17.8. The minimum Gasteiger partial charge on any atom is -0.478 e. The fourth-order valence-corrected chi connectivity index (χ4v) is 3.97. The number of aromatic carboxylic acids is 1. The molecule has 1 fully saturated rings. The van der Waals surface area contributed by atoms with E-state index in [-0.39, 0.29) is 17.9 Å². The van der Waals surface area contributed by atoms with Crippen LogP contribution in [0.5, 0.6) is 0 Å². The van der Waals surface area contributed by atoms with E-state index in [0.29, 0.717) is 0 Å². The van der Waals surface area contributed by atoms with E-state index in [2.05, 4.69) is 48.3 Å². The van der Waals surface area contributed by atoms with Crippen LogP contribution in [-0.4, -0.2) is 30.1 Å². The van der Waals surface area contributed by atoms with Gasteiger partial charge in [-0.1, -0.05) is 37.3 Å². The molecule has 2 aromatic carbocycles. The molecule has 0 unspecified atom stereocenters. The monoisotopic (exact) mass is 406 g/mol. The Kier molecular flexibility index (Phi) is 7.28. The predicted octanol–water partition coefficient (Wildman–Crippen LogP) is 4.79. The van der Waals surface area contributed by atoms with E-state index in [1.807, 2.05) is 0 Å². The Hall–Kier alpha value is -3.08. The van der Waals surface area contributed by atoms with Gasteiger partial charge < -0.3 is 15.3 Å². The van der Waals surface area contributed by atoms with Crippen molar-refractivity contribution in [2.75, 3.05) is 18.0 Å². The summed E-state index contributed by atoms with van der Waals surface area (Å²) in [6, 6.07) is 12.8. The Balaban J connectivity index is 1.81. The van der Waals surface area contributed by atoms with Crippen LogP contribution < -0.4 is 10.2 Å². The number of nitrogens with zero attached hydrogens (tertiary/aromatic N) is 1. The smallest absolute Gasteiger partial charge is 0.335 e. The SMILES string of the molecule is CCC=C(NC(=O)Cc1ccc(C(=O)O)cc1)c1c(C)cccc1N1CCCCC1. The van der Waals surface area contributed by atoms with Crippen molar-refractivity contribution in [2.24, 2.45) is 0 Å². The van der Waals surface area contributed by atoms with Gasteiger partial charge in [0, 0.05) is 30.0 Å². The molecule has 1 aliphatic heterocycles. The Labute approximate surface area is 178 Å². The normalized spacial score (nSPS) is 14.5. The number of carboxylic acids is 1. The van der Waals surface area contributed by atoms with Crippen LogP contribution >= 0.6 is 0 Å². The Morgan fingerprint density at radius 3 is 2.40 bits per heavy atom. The zero-order chi connectivity index (χ0) is 21.5. The lowest BCUT2D eigenvalue weighted by molar-refractivity contribution is -0.119. The standard InChI is InChI=1S/C25H30N2O3/c1-3-8-21(26-23(28)17-19-11-13-20(14-12-19)25(29)30)24-18(2)9-7-10-22(24)27-15-5-4-6-16-27/h7-14H,3-6,15-17H2,1-2H3,(H,26,28)(H,29,30). The maximum absolute atomic E-state index is 12.8. The minimum atomic E-state index is -0.969. The molecule has 2 N–H and O–H groups in total. The van der Waals surface area contributed by atoms with Crippen LogP contribution in [0.3, 0.4) is 0 Å². The van der Waals surface area contributed by atoms with Gasteiger partial charge in [0.25, 0.3) is 0 Å². The van der Waals surface area contributed by atoms with Crippen molar-refractivity contribution in [2.45, 2.75) is 46.0 Å². The van der Waals surface area contributed by atoms with Gasteiger partial charge in [-0.2, -0.15) is 0 Å². The molecule has 0 saturated carbocycles. The molecular formula is C25H30N2O3. The van der Waals surface area contributed by atoms with Crippen LogP contribution in [-0.2, 0) is 11.2 Å². The summed E-state index contributed by atoms with van der Waals surface area (Å²) in [5, 5.41) is 12.1. The van der Waals surface area contributed by atoms with Crippen LogP contribution in [0.25, 0.3) is 5.70 Å². The van der Waals surface area contributed by atoms with Gasteiger partial charge in [0.1, 0.15) is 0 Å². The largest absolute Gasteiger partial charge is 0.478 e. The van der Waals surface area contributed by atoms with Gasteiger partial charge in [-0.15, -0.1) is 0 Å². The van der Waals surface area contributed by atoms with Gasteiger partial charge >= 0.3 is 5.97 Å². The third kappa shape index (κ3) is 5.29. The first-order valence-electron chi connectivity index (χ1n) is 10.7. The second-order valence-electron chi connectivity index (χ2n) is 7.77. The van der Waals surface area contributed by atoms with Crippen molar-refractivity contribution >= 4 is 23.3 Å². The quantitative estimate of drug-likeness (QED) is 0.693. The molecule has 2 aromatic rings. The highest BCUT2D eigenvalue weighted by Crippen LogP contribution is 2.31. The summed E-state index contributed by atoms with van der Waals surface area (Å²) >= 11 is 0. The predicted molar refractivity (Wildman–Crippen MR) is 121 cm³/mol. The van der Waals surface area contributed by atoms with Crippen molar-refractivity contribution in [3.8, 4) is 0 Å². The number of carboxylic acid groups (broad SMARTS) is 1. The van der Waals surface area contributed by atoms with Gasteiger partial charge in [0.05, 0.1) is 12.0 Å². The van der Waals surface area contributed by atoms with E-state index in [0.717, 1.165) is 41.9 Å². The molecule has 158 valence electrons. The summed E-state index contributed by atoms with van der Waals surface area (Å²) in [6.07, 6.45) is 6.74. The third-order valence-electron chi connectivity index (χ3n) is 5.46. The Morgan fingerprint density at radius 1 is 1.07 bits per heavy atom. The molecule has 5 heteroatoms. The van der Waals surface area contributed by atoms with Crippen LogP contribution in [0, 0.1) is 6.92 Å². The molecule has 0 spiro atoms. The summed E-state index contributed by atoms with van der Waals surface area (Å²) in [5.41, 5.74) is 5.27. The topological polar surface area (TPSA) is 69.6 Å². The molecule has 1 amide bonds. The zero-order valence-corrected chi connectivity index (χ0v) is 17.8. The van der Waals surface area contributed by atoms with Gasteiger partial charge in [0.2, 0.25) is 5.91 Å². The molecule has 1 saturated heterocycles. The summed E-state index contributed by atoms with van der Waals surface area (Å²) in [4.78, 5) is 26.2. The maximum atomic E-state index is 12.8. The maximum Gasteiger partial charge on any atom is 0.335 e. The second kappa shape index (κ2) is 10.1. The van der Waals surface area contributed by atoms with Crippen molar-refractivity contribution in [3.63, 3.8) is 0 Å². The number of aryl methyl sites for hydroxylation is 1. The highest BCUT2D eigenvalue weighted by Gasteiger charge is 2.19. The molecule has 0 aliphatic carbocycles. The van der Waals surface area contributed by atoms with Crippen LogP contribution in [0.1, 0.15) is 59.7 Å². The molecule has 1 heterocycles. The summed E-state index contributed by atoms with van der Waals surface area (Å²) in [5.74, 6) is -1.07. The van der Waals surface area contributed by atoms with Crippen molar-refractivity contribution in [1.29, 1.82) is 0 Å². The molecule has 0 bridgehead atoms. The lowest BCUT2D eigenvalue weighted by Gasteiger charge is -2.32. The molecule has 0 atom stereocenters. The number of carbonyl (C=O) groups excluding carboxylic acids is 1. The Morgan fingerprint density at radius 2 is 1.77 bits per heavy atom. The van der Waals surface area contributed by atoms with Crippen LogP contribution in [0.4, 0.5) is 5.69 Å². The highest BCUT2D eigenvalue weighted by atomic mass is 16.4. The lowest BCUT2D eigenvalue weighted by Crippen LogP contribution is -2.31. The number of amides is 1. The van der Waals surface area contributed by atoms with Crippen LogP contribution in [0.15, 0.2) is 48.5 Å². The summed E-state index contributed by atoms with van der Waals surface area (Å²) < 4.78 is 0. The first kappa shape index (κ1) is 21.6. The van der Waals surface area contributed by atoms with E-state index in [1.165, 1.54) is 37.1 Å². The van der Waals surface area contributed by atoms with E-state index < -0.39 is 5.97 Å². The summed E-state index contributed by atoms with van der Waals surface area (Å²) in [6.45, 7) is 6.23. The molecule has 3 rings (SSSR count). The molecule has 0 radical (unpaired) electrons. The second-order valence-corrected chi connectivity index (χ2v) is 7.77. The third-order valence-corrected chi connectivity index (χ3v) is 5.46. The number of hydrogen-bond acceptors (Lipinski definition) is 3. The molecular weight excluding hydrogens is 376 g/mol. The fraction of sp³-hybridized carbons (Fsp3) is 0.360. The van der Waals surface area contributed by atoms with Gasteiger partial charge in [-0.3, -0.25) is 4.79 Å². The number of rotatable bonds is 7. The lowest BCUT2D eigenvalue weighted by atomic mass is 9.99. The average molecular weight is 407 g/mol. The highest BCUT2D eigenvalue weighted by molar-refractivity contribution is 5.92. The molecule has 30 heavy (non-hydrogen) atoms. The number of piperidine rings is 1. The number of benzene rings is 2. The first-order valence-corrected chi connectivity index (χ1v) is 10.7. The average Bonchev–Trinajstić information content (AvgIpc) is 2.74. The van der Waals surface area contributed by atoms with E-state index >= 15 is 0 Å². The molecule has 5 nitrogen and oxygen atoms in total. The fourth-order valence-electron chi connectivity index (χ4n) is 3.97. The number of carbonyl (C=O) groups is 2. The van der Waals surface area contributed by atoms with Gasteiger partial charge in [-0.05, 0) is 61.9 Å². The van der Waals surface area contributed by atoms with Crippen molar-refractivity contribution in [1.82, 2.24) is 5.32 Å². The molecule has 1 aliphatic rings. The van der Waals surface area contributed by atoms with Gasteiger partial charge in [0.15, 0.2) is 0 Å². The summed E-state index contributed by atoms with van der Waals surface area (Å²) in [7, 11) is 0. The number of hydrogen-bond donors (Lipinski definition) is 2. The van der Waals surface area contributed by atoms with Gasteiger partial charge in [-0.25, -0.2) is 4.79 Å². The minimum absolute atomic E-state index is 0.106. The van der Waals surface area contributed by atoms with E-state index in [9.17, 15) is 9.59 Å². The van der Waals surface area contributed by atoms with E-state index in [1.54, 1.807) is 12.1 Å². The van der Waals surface area contributed by atoms with Crippen molar-refractivity contribution in [3.05, 3.63) is 70.8 Å². The van der Waals surface area contributed by atoms with E-state index in [4.69, 9.17) is 5.11 Å².